The van der Waals surface area contributed by atoms with Crippen LogP contribution >= 0.6 is 0 Å². The molecule has 1 saturated carbocycles. The quantitative estimate of drug-likeness (QED) is 0.539. The monoisotopic (exact) mass is 180 g/mol. The predicted molar refractivity (Wildman–Crippen MR) is 61.9 cm³/mol. The maximum Gasteiger partial charge on any atom is -0.00961 e. The fraction of sp³-hybridized carbons (Fsp3) is 0.692. The van der Waals surface area contributed by atoms with Crippen molar-refractivity contribution in [2.75, 3.05) is 0 Å². The van der Waals surface area contributed by atoms with Crippen molar-refractivity contribution in [3.63, 3.8) is 0 Å². The lowest BCUT2D eigenvalue weighted by Crippen LogP contribution is -2.15. The Labute approximate surface area is 83.7 Å². The first kappa shape index (κ1) is 12.5. The number of rotatable bonds is 2. The van der Waals surface area contributed by atoms with E-state index in [9.17, 15) is 0 Å². The second-order valence-electron chi connectivity index (χ2n) is 4.03. The van der Waals surface area contributed by atoms with E-state index in [2.05, 4.69) is 27.0 Å². The van der Waals surface area contributed by atoms with E-state index in [0.717, 1.165) is 0 Å². The summed E-state index contributed by atoms with van der Waals surface area (Å²) in [5, 5.41) is 0. The van der Waals surface area contributed by atoms with E-state index in [4.69, 9.17) is 0 Å². The SMILES string of the molecule is C=C(C)C1(CC)CCCC1.C=CC. The average molecular weight is 180 g/mol. The molecule has 1 aliphatic rings. The molecule has 1 rings (SSSR count). The number of hydrogen-bond acceptors (Lipinski definition) is 0. The maximum absolute atomic E-state index is 4.08. The standard InChI is InChI=1S/C10H18.C3H6/c1-4-10(9(2)3)7-5-6-8-10;1-3-2/h2,4-8H2,1,3H3;3H,1H2,2H3. The van der Waals surface area contributed by atoms with Crippen LogP contribution in [0.3, 0.4) is 0 Å². The molecule has 0 amide bonds. The first-order valence-electron chi connectivity index (χ1n) is 5.36. The van der Waals surface area contributed by atoms with Crippen LogP contribution in [0, 0.1) is 5.41 Å². The van der Waals surface area contributed by atoms with Gasteiger partial charge in [-0.05, 0) is 38.5 Å². The van der Waals surface area contributed by atoms with E-state index in [1.54, 1.807) is 6.08 Å². The molecule has 0 saturated heterocycles. The lowest BCUT2D eigenvalue weighted by Gasteiger charge is -2.27. The second kappa shape index (κ2) is 6.01. The normalized spacial score (nSPS) is 18.7. The third kappa shape index (κ3) is 3.38. The molecule has 0 aliphatic heterocycles. The van der Waals surface area contributed by atoms with Crippen molar-refractivity contribution < 1.29 is 0 Å². The average Bonchev–Trinajstić information content (AvgIpc) is 2.54. The summed E-state index contributed by atoms with van der Waals surface area (Å²) in [6, 6.07) is 0. The molecule has 1 aliphatic carbocycles. The highest BCUT2D eigenvalue weighted by molar-refractivity contribution is 5.09. The minimum atomic E-state index is 0.542. The van der Waals surface area contributed by atoms with Crippen molar-refractivity contribution in [3.05, 3.63) is 24.8 Å². The van der Waals surface area contributed by atoms with Crippen molar-refractivity contribution in [1.82, 2.24) is 0 Å². The molecule has 76 valence electrons. The lowest BCUT2D eigenvalue weighted by molar-refractivity contribution is 0.355. The van der Waals surface area contributed by atoms with Crippen molar-refractivity contribution in [2.24, 2.45) is 5.41 Å². The Balaban J connectivity index is 0.000000424. The Morgan fingerprint density at radius 1 is 1.38 bits per heavy atom. The zero-order valence-corrected chi connectivity index (χ0v) is 9.53. The van der Waals surface area contributed by atoms with Gasteiger partial charge in [-0.25, -0.2) is 0 Å². The van der Waals surface area contributed by atoms with E-state index in [1.807, 2.05) is 6.92 Å². The maximum atomic E-state index is 4.08. The Morgan fingerprint density at radius 3 is 1.92 bits per heavy atom. The first-order valence-corrected chi connectivity index (χ1v) is 5.36. The molecule has 0 spiro atoms. The van der Waals surface area contributed by atoms with Crippen LogP contribution in [0.15, 0.2) is 24.8 Å². The van der Waals surface area contributed by atoms with Crippen LogP contribution in [0.2, 0.25) is 0 Å². The number of hydrogen-bond donors (Lipinski definition) is 0. The summed E-state index contributed by atoms with van der Waals surface area (Å²) in [5.74, 6) is 0. The van der Waals surface area contributed by atoms with Gasteiger partial charge in [-0.3, -0.25) is 0 Å². The predicted octanol–water partition coefficient (Wildman–Crippen LogP) is 4.73. The summed E-state index contributed by atoms with van der Waals surface area (Å²) in [4.78, 5) is 0. The summed E-state index contributed by atoms with van der Waals surface area (Å²) < 4.78 is 0. The molecule has 1 fully saturated rings. The van der Waals surface area contributed by atoms with Crippen LogP contribution in [0.4, 0.5) is 0 Å². The summed E-state index contributed by atoms with van der Waals surface area (Å²) >= 11 is 0. The lowest BCUT2D eigenvalue weighted by atomic mass is 9.78. The van der Waals surface area contributed by atoms with Gasteiger partial charge >= 0.3 is 0 Å². The molecule has 0 bridgehead atoms. The highest BCUT2D eigenvalue weighted by atomic mass is 14.4. The zero-order valence-electron chi connectivity index (χ0n) is 9.53. The highest BCUT2D eigenvalue weighted by Gasteiger charge is 2.32. The van der Waals surface area contributed by atoms with Gasteiger partial charge < -0.3 is 0 Å². The van der Waals surface area contributed by atoms with E-state index in [0.29, 0.717) is 5.41 Å². The van der Waals surface area contributed by atoms with Gasteiger partial charge in [0.15, 0.2) is 0 Å². The number of allylic oxidation sites excluding steroid dienone is 2. The Kier molecular flexibility index (Phi) is 5.77. The molecule has 0 aromatic rings. The minimum Gasteiger partial charge on any atom is -0.103 e. The van der Waals surface area contributed by atoms with Gasteiger partial charge in [-0.2, -0.15) is 0 Å². The molecule has 0 aromatic heterocycles. The fourth-order valence-corrected chi connectivity index (χ4v) is 2.13. The first-order chi connectivity index (χ1) is 6.13. The van der Waals surface area contributed by atoms with Crippen LogP contribution in [0.1, 0.15) is 52.9 Å². The van der Waals surface area contributed by atoms with Crippen molar-refractivity contribution in [2.45, 2.75) is 52.9 Å². The minimum absolute atomic E-state index is 0.542. The van der Waals surface area contributed by atoms with Gasteiger partial charge in [0.05, 0.1) is 0 Å². The Bertz CT molecular complexity index is 159. The molecule has 0 nitrogen and oxygen atoms in total. The molecule has 0 aromatic carbocycles. The molecular formula is C13H24. The largest absolute Gasteiger partial charge is 0.103 e. The van der Waals surface area contributed by atoms with Crippen LogP contribution in [-0.4, -0.2) is 0 Å². The topological polar surface area (TPSA) is 0 Å². The van der Waals surface area contributed by atoms with E-state index >= 15 is 0 Å². The molecule has 13 heavy (non-hydrogen) atoms. The third-order valence-electron chi connectivity index (χ3n) is 3.14. The molecule has 0 N–H and O–H groups in total. The smallest absolute Gasteiger partial charge is 0.00961 e. The van der Waals surface area contributed by atoms with Gasteiger partial charge in [0.2, 0.25) is 0 Å². The highest BCUT2D eigenvalue weighted by Crippen LogP contribution is 2.45. The van der Waals surface area contributed by atoms with Crippen LogP contribution in [0.25, 0.3) is 0 Å². The van der Waals surface area contributed by atoms with E-state index in [1.165, 1.54) is 37.7 Å². The Hall–Kier alpha value is -0.520. The van der Waals surface area contributed by atoms with Gasteiger partial charge in [0.25, 0.3) is 0 Å². The molecule has 0 heteroatoms. The third-order valence-corrected chi connectivity index (χ3v) is 3.14. The molecular weight excluding hydrogens is 156 g/mol. The van der Waals surface area contributed by atoms with Crippen LogP contribution in [-0.2, 0) is 0 Å². The van der Waals surface area contributed by atoms with Gasteiger partial charge in [-0.1, -0.05) is 38.0 Å². The molecule has 0 radical (unpaired) electrons. The molecule has 0 heterocycles. The van der Waals surface area contributed by atoms with Gasteiger partial charge in [-0.15, -0.1) is 6.58 Å². The summed E-state index contributed by atoms with van der Waals surface area (Å²) in [6.07, 6.45) is 8.65. The summed E-state index contributed by atoms with van der Waals surface area (Å²) in [5.41, 5.74) is 1.95. The summed E-state index contributed by atoms with van der Waals surface area (Å²) in [6.45, 7) is 13.8. The zero-order chi connectivity index (χ0) is 10.3. The van der Waals surface area contributed by atoms with Gasteiger partial charge in [0, 0.05) is 0 Å². The second-order valence-corrected chi connectivity index (χ2v) is 4.03. The van der Waals surface area contributed by atoms with E-state index in [-0.39, 0.29) is 0 Å². The van der Waals surface area contributed by atoms with E-state index < -0.39 is 0 Å². The van der Waals surface area contributed by atoms with Crippen molar-refractivity contribution in [3.8, 4) is 0 Å². The fourth-order valence-electron chi connectivity index (χ4n) is 2.13. The van der Waals surface area contributed by atoms with Crippen molar-refractivity contribution >= 4 is 0 Å². The summed E-state index contributed by atoms with van der Waals surface area (Å²) in [7, 11) is 0. The van der Waals surface area contributed by atoms with Crippen LogP contribution in [0.5, 0.6) is 0 Å². The molecule has 0 unspecified atom stereocenters. The Morgan fingerprint density at radius 2 is 1.77 bits per heavy atom. The van der Waals surface area contributed by atoms with Crippen LogP contribution < -0.4 is 0 Å². The van der Waals surface area contributed by atoms with Gasteiger partial charge in [0.1, 0.15) is 0 Å². The van der Waals surface area contributed by atoms with Crippen molar-refractivity contribution in [1.29, 1.82) is 0 Å². The molecule has 0 atom stereocenters.